The molecule has 0 saturated carbocycles. The van der Waals surface area contributed by atoms with Gasteiger partial charge in [0.05, 0.1) is 28.5 Å². The fraction of sp³-hybridized carbons (Fsp3) is 0.0769. The third kappa shape index (κ3) is 3.84. The van der Waals surface area contributed by atoms with Crippen molar-refractivity contribution in [1.29, 1.82) is 0 Å². The number of anilines is 1. The molecule has 176 valence electrons. The first-order valence-corrected chi connectivity index (χ1v) is 11.3. The minimum absolute atomic E-state index is 0.0842. The summed E-state index contributed by atoms with van der Waals surface area (Å²) in [5.74, 6) is 0.154. The van der Waals surface area contributed by atoms with Gasteiger partial charge in [0.15, 0.2) is 11.5 Å². The fourth-order valence-electron chi connectivity index (χ4n) is 4.02. The summed E-state index contributed by atoms with van der Waals surface area (Å²) in [6, 6.07) is 11.8. The average molecular weight is 478 g/mol. The molecule has 0 aliphatic carbocycles. The van der Waals surface area contributed by atoms with Crippen LogP contribution >= 0.6 is 0 Å². The van der Waals surface area contributed by atoms with E-state index in [4.69, 9.17) is 4.98 Å². The lowest BCUT2D eigenvalue weighted by atomic mass is 10.1. The van der Waals surface area contributed by atoms with E-state index in [-0.39, 0.29) is 11.7 Å². The number of carbonyl (C=O) groups is 1. The van der Waals surface area contributed by atoms with Crippen molar-refractivity contribution in [3.8, 4) is 33.9 Å². The summed E-state index contributed by atoms with van der Waals surface area (Å²) in [5, 5.41) is 11.0. The van der Waals surface area contributed by atoms with Gasteiger partial charge in [-0.2, -0.15) is 5.10 Å². The van der Waals surface area contributed by atoms with E-state index >= 15 is 0 Å². The number of amides is 1. The molecular formula is C26H19FN8O. The van der Waals surface area contributed by atoms with E-state index < -0.39 is 0 Å². The van der Waals surface area contributed by atoms with Crippen LogP contribution in [-0.4, -0.2) is 41.0 Å². The van der Waals surface area contributed by atoms with E-state index in [0.717, 1.165) is 27.6 Å². The van der Waals surface area contributed by atoms with Crippen LogP contribution in [0.15, 0.2) is 67.3 Å². The highest BCUT2D eigenvalue weighted by Crippen LogP contribution is 2.32. The molecule has 6 aromatic rings. The molecule has 0 fully saturated rings. The molecule has 0 unspecified atom stereocenters. The molecule has 1 aromatic carbocycles. The molecule has 10 heteroatoms. The van der Waals surface area contributed by atoms with Crippen molar-refractivity contribution in [2.45, 2.75) is 13.3 Å². The summed E-state index contributed by atoms with van der Waals surface area (Å²) in [4.78, 5) is 33.1. The Labute approximate surface area is 203 Å². The summed E-state index contributed by atoms with van der Waals surface area (Å²) < 4.78 is 13.4. The van der Waals surface area contributed by atoms with Crippen LogP contribution in [0, 0.1) is 5.82 Å². The Morgan fingerprint density at radius 3 is 2.64 bits per heavy atom. The van der Waals surface area contributed by atoms with Gasteiger partial charge in [-0.25, -0.2) is 14.4 Å². The lowest BCUT2D eigenvalue weighted by Gasteiger charge is -2.06. The van der Waals surface area contributed by atoms with E-state index in [2.05, 4.69) is 35.5 Å². The standard InChI is InChI=1S/C26H19FN8O/c1-2-21(36)31-18-9-15(11-28-13-18)16-10-19-23(34-35-25(19)30-12-16)26-32-20-7-8-29-22(24(20)33-26)14-3-5-17(27)6-4-14/h3-13H,2H2,1H3,(H,31,36)(H,32,33)(H,30,34,35). The monoisotopic (exact) mass is 478 g/mol. The Balaban J connectivity index is 1.42. The van der Waals surface area contributed by atoms with Crippen LogP contribution < -0.4 is 5.32 Å². The Kier molecular flexibility index (Phi) is 5.18. The summed E-state index contributed by atoms with van der Waals surface area (Å²) in [7, 11) is 0. The van der Waals surface area contributed by atoms with Gasteiger partial charge >= 0.3 is 0 Å². The molecular weight excluding hydrogens is 459 g/mol. The van der Waals surface area contributed by atoms with Gasteiger partial charge in [0, 0.05) is 41.7 Å². The van der Waals surface area contributed by atoms with Crippen molar-refractivity contribution < 1.29 is 9.18 Å². The van der Waals surface area contributed by atoms with Crippen molar-refractivity contribution in [1.82, 2.24) is 35.1 Å². The minimum atomic E-state index is -0.312. The largest absolute Gasteiger partial charge is 0.336 e. The van der Waals surface area contributed by atoms with Crippen LogP contribution in [0.1, 0.15) is 13.3 Å². The highest BCUT2D eigenvalue weighted by atomic mass is 19.1. The van der Waals surface area contributed by atoms with Gasteiger partial charge in [-0.3, -0.25) is 19.9 Å². The molecule has 0 aliphatic rings. The molecule has 9 nitrogen and oxygen atoms in total. The van der Waals surface area contributed by atoms with Crippen LogP contribution in [0.4, 0.5) is 10.1 Å². The number of fused-ring (bicyclic) bond motifs is 2. The number of pyridine rings is 3. The van der Waals surface area contributed by atoms with Crippen LogP contribution in [0.25, 0.3) is 56.0 Å². The molecule has 5 heterocycles. The quantitative estimate of drug-likeness (QED) is 0.316. The fourth-order valence-corrected chi connectivity index (χ4v) is 4.02. The van der Waals surface area contributed by atoms with Crippen molar-refractivity contribution >= 4 is 33.7 Å². The summed E-state index contributed by atoms with van der Waals surface area (Å²) in [5.41, 5.74) is 6.28. The predicted molar refractivity (Wildman–Crippen MR) is 134 cm³/mol. The Bertz CT molecular complexity index is 1740. The number of aromatic nitrogens is 7. The molecule has 36 heavy (non-hydrogen) atoms. The number of hydrogen-bond donors (Lipinski definition) is 3. The van der Waals surface area contributed by atoms with Gasteiger partial charge in [0.1, 0.15) is 17.0 Å². The van der Waals surface area contributed by atoms with E-state index in [9.17, 15) is 9.18 Å². The third-order valence-electron chi connectivity index (χ3n) is 5.84. The molecule has 5 aromatic heterocycles. The topological polar surface area (TPSA) is 125 Å². The number of carbonyl (C=O) groups excluding carboxylic acids is 1. The van der Waals surface area contributed by atoms with Gasteiger partial charge in [-0.1, -0.05) is 6.92 Å². The number of benzene rings is 1. The van der Waals surface area contributed by atoms with Gasteiger partial charge in [0.2, 0.25) is 5.91 Å². The first-order chi connectivity index (χ1) is 17.6. The van der Waals surface area contributed by atoms with E-state index in [1.807, 2.05) is 18.2 Å². The van der Waals surface area contributed by atoms with Crippen LogP contribution in [-0.2, 0) is 4.79 Å². The first-order valence-electron chi connectivity index (χ1n) is 11.3. The number of aromatic amines is 2. The lowest BCUT2D eigenvalue weighted by molar-refractivity contribution is -0.115. The van der Waals surface area contributed by atoms with Crippen LogP contribution in [0.3, 0.4) is 0 Å². The van der Waals surface area contributed by atoms with Gasteiger partial charge in [-0.15, -0.1) is 0 Å². The number of H-pyrrole nitrogens is 2. The lowest BCUT2D eigenvalue weighted by Crippen LogP contribution is -2.09. The van der Waals surface area contributed by atoms with Crippen LogP contribution in [0.5, 0.6) is 0 Å². The van der Waals surface area contributed by atoms with Crippen molar-refractivity contribution in [3.63, 3.8) is 0 Å². The second-order valence-corrected chi connectivity index (χ2v) is 8.20. The van der Waals surface area contributed by atoms with E-state index in [1.165, 1.54) is 12.1 Å². The molecule has 1 amide bonds. The Morgan fingerprint density at radius 1 is 0.972 bits per heavy atom. The Hall–Kier alpha value is -4.99. The number of hydrogen-bond acceptors (Lipinski definition) is 6. The van der Waals surface area contributed by atoms with E-state index in [0.29, 0.717) is 40.5 Å². The molecule has 6 rings (SSSR count). The number of halogens is 1. The molecule has 0 bridgehead atoms. The maximum atomic E-state index is 13.4. The van der Waals surface area contributed by atoms with Crippen LogP contribution in [0.2, 0.25) is 0 Å². The average Bonchev–Trinajstić information content (AvgIpc) is 3.53. The first kappa shape index (κ1) is 21.5. The number of nitrogens with one attached hydrogen (secondary N) is 3. The highest BCUT2D eigenvalue weighted by Gasteiger charge is 2.17. The zero-order chi connectivity index (χ0) is 24.6. The maximum Gasteiger partial charge on any atom is 0.224 e. The van der Waals surface area contributed by atoms with Crippen molar-refractivity contribution in [2.75, 3.05) is 5.32 Å². The highest BCUT2D eigenvalue weighted by molar-refractivity contribution is 5.96. The molecule has 0 aliphatic heterocycles. The van der Waals surface area contributed by atoms with Crippen molar-refractivity contribution in [2.24, 2.45) is 0 Å². The van der Waals surface area contributed by atoms with Gasteiger partial charge < -0.3 is 10.3 Å². The van der Waals surface area contributed by atoms with Gasteiger partial charge in [0.25, 0.3) is 0 Å². The zero-order valence-corrected chi connectivity index (χ0v) is 19.1. The molecule has 0 atom stereocenters. The smallest absolute Gasteiger partial charge is 0.224 e. The molecule has 0 spiro atoms. The predicted octanol–water partition coefficient (Wildman–Crippen LogP) is 5.11. The zero-order valence-electron chi connectivity index (χ0n) is 19.1. The maximum absolute atomic E-state index is 13.4. The number of rotatable bonds is 5. The number of nitrogens with zero attached hydrogens (tertiary/aromatic N) is 5. The second kappa shape index (κ2) is 8.66. The SMILES string of the molecule is CCC(=O)Nc1cncc(-c2cnc3[nH]nc(-c4nc5c(-c6ccc(F)cc6)nccc5[nH]4)c3c2)c1. The van der Waals surface area contributed by atoms with Crippen molar-refractivity contribution in [3.05, 3.63) is 73.1 Å². The number of imidazole rings is 1. The van der Waals surface area contributed by atoms with E-state index in [1.54, 1.807) is 43.8 Å². The minimum Gasteiger partial charge on any atom is -0.336 e. The Morgan fingerprint density at radius 2 is 1.81 bits per heavy atom. The van der Waals surface area contributed by atoms with Gasteiger partial charge in [-0.05, 0) is 42.5 Å². The summed E-state index contributed by atoms with van der Waals surface area (Å²) >= 11 is 0. The molecule has 3 N–H and O–H groups in total. The molecule has 0 radical (unpaired) electrons. The summed E-state index contributed by atoms with van der Waals surface area (Å²) in [6.45, 7) is 1.79. The second-order valence-electron chi connectivity index (χ2n) is 8.20. The molecule has 0 saturated heterocycles. The third-order valence-corrected chi connectivity index (χ3v) is 5.84. The summed E-state index contributed by atoms with van der Waals surface area (Å²) in [6.07, 6.45) is 7.11. The normalized spacial score (nSPS) is 11.3.